The molecule has 2 saturated carbocycles. The van der Waals surface area contributed by atoms with Crippen LogP contribution in [0.1, 0.15) is 56.1 Å². The number of benzene rings is 1. The molecule has 0 heterocycles. The second-order valence-corrected chi connectivity index (χ2v) is 7.44. The Morgan fingerprint density at radius 3 is 2.85 bits per heavy atom. The molecule has 5 atom stereocenters. The van der Waals surface area contributed by atoms with Gasteiger partial charge >= 0.3 is 0 Å². The van der Waals surface area contributed by atoms with Crippen LogP contribution in [0.4, 0.5) is 0 Å². The summed E-state index contributed by atoms with van der Waals surface area (Å²) in [6, 6.07) is 5.96. The first-order valence-corrected chi connectivity index (χ1v) is 8.09. The van der Waals surface area contributed by atoms with Crippen LogP contribution in [0.25, 0.3) is 0 Å². The number of phenols is 1. The lowest BCUT2D eigenvalue weighted by Crippen LogP contribution is -2.43. The van der Waals surface area contributed by atoms with Gasteiger partial charge in [-0.1, -0.05) is 13.0 Å². The number of hydrogen-bond donors (Lipinski definition) is 2. The summed E-state index contributed by atoms with van der Waals surface area (Å²) in [5.41, 5.74) is 2.99. The number of aromatic hydroxyl groups is 1. The van der Waals surface area contributed by atoms with E-state index in [1.807, 2.05) is 12.1 Å². The zero-order valence-corrected chi connectivity index (χ0v) is 12.2. The van der Waals surface area contributed by atoms with E-state index in [0.29, 0.717) is 17.6 Å². The quantitative estimate of drug-likeness (QED) is 0.757. The van der Waals surface area contributed by atoms with Gasteiger partial charge in [0.15, 0.2) is 0 Å². The van der Waals surface area contributed by atoms with Crippen molar-refractivity contribution in [2.24, 2.45) is 17.3 Å². The van der Waals surface area contributed by atoms with Crippen LogP contribution in [0.15, 0.2) is 18.2 Å². The van der Waals surface area contributed by atoms with Gasteiger partial charge in [0.2, 0.25) is 0 Å². The third kappa shape index (κ3) is 1.60. The minimum Gasteiger partial charge on any atom is -0.508 e. The van der Waals surface area contributed by atoms with E-state index in [2.05, 4.69) is 13.0 Å². The minimum atomic E-state index is -0.0883. The van der Waals surface area contributed by atoms with Crippen LogP contribution in [0.3, 0.4) is 0 Å². The Morgan fingerprint density at radius 1 is 1.15 bits per heavy atom. The largest absolute Gasteiger partial charge is 0.508 e. The van der Waals surface area contributed by atoms with Crippen molar-refractivity contribution in [3.05, 3.63) is 29.3 Å². The maximum absolute atomic E-state index is 10.4. The molecular formula is C18H24O2. The first-order valence-electron chi connectivity index (χ1n) is 8.09. The summed E-state index contributed by atoms with van der Waals surface area (Å²) >= 11 is 0. The summed E-state index contributed by atoms with van der Waals surface area (Å²) < 4.78 is 0. The number of rotatable bonds is 0. The van der Waals surface area contributed by atoms with Crippen LogP contribution in [0, 0.1) is 17.3 Å². The van der Waals surface area contributed by atoms with E-state index >= 15 is 0 Å². The smallest absolute Gasteiger partial charge is 0.115 e. The van der Waals surface area contributed by atoms with Gasteiger partial charge in [-0.25, -0.2) is 0 Å². The number of phenolic OH excluding ortho intramolecular Hbond substituents is 1. The fourth-order valence-corrected chi connectivity index (χ4v) is 5.54. The van der Waals surface area contributed by atoms with Gasteiger partial charge in [-0.3, -0.25) is 0 Å². The third-order valence-electron chi connectivity index (χ3n) is 6.66. The van der Waals surface area contributed by atoms with Gasteiger partial charge in [0.25, 0.3) is 0 Å². The van der Waals surface area contributed by atoms with Crippen LogP contribution in [-0.2, 0) is 6.42 Å². The average Bonchev–Trinajstić information content (AvgIpc) is 2.74. The molecule has 3 aliphatic carbocycles. The summed E-state index contributed by atoms with van der Waals surface area (Å²) in [6.07, 6.45) is 6.78. The first-order chi connectivity index (χ1) is 9.59. The Kier molecular flexibility index (Phi) is 2.69. The highest BCUT2D eigenvalue weighted by Crippen LogP contribution is 2.60. The van der Waals surface area contributed by atoms with Crippen molar-refractivity contribution in [2.75, 3.05) is 0 Å². The molecule has 0 amide bonds. The van der Waals surface area contributed by atoms with Gasteiger partial charge in [-0.15, -0.1) is 0 Å². The minimum absolute atomic E-state index is 0.0883. The second-order valence-electron chi connectivity index (χ2n) is 7.44. The second kappa shape index (κ2) is 4.24. The molecule has 108 valence electrons. The molecule has 0 bridgehead atoms. The molecule has 0 spiro atoms. The van der Waals surface area contributed by atoms with E-state index in [1.165, 1.54) is 30.4 Å². The lowest BCUT2D eigenvalue weighted by atomic mass is 9.55. The monoisotopic (exact) mass is 272 g/mol. The Morgan fingerprint density at radius 2 is 2.00 bits per heavy atom. The van der Waals surface area contributed by atoms with Gasteiger partial charge in [0, 0.05) is 0 Å². The van der Waals surface area contributed by atoms with E-state index in [4.69, 9.17) is 0 Å². The molecule has 2 fully saturated rings. The lowest BCUT2D eigenvalue weighted by Gasteiger charge is -2.50. The molecule has 3 aliphatic rings. The summed E-state index contributed by atoms with van der Waals surface area (Å²) in [6.45, 7) is 2.32. The predicted molar refractivity (Wildman–Crippen MR) is 78.7 cm³/mol. The zero-order valence-electron chi connectivity index (χ0n) is 12.2. The molecule has 4 rings (SSSR count). The molecule has 1 aromatic rings. The van der Waals surface area contributed by atoms with Crippen LogP contribution in [0.2, 0.25) is 0 Å². The zero-order chi connectivity index (χ0) is 13.9. The van der Waals surface area contributed by atoms with E-state index < -0.39 is 0 Å². The van der Waals surface area contributed by atoms with E-state index in [1.54, 1.807) is 0 Å². The highest BCUT2D eigenvalue weighted by molar-refractivity contribution is 5.40. The average molecular weight is 272 g/mol. The topological polar surface area (TPSA) is 40.5 Å². The summed E-state index contributed by atoms with van der Waals surface area (Å²) in [5, 5.41) is 20.0. The third-order valence-corrected chi connectivity index (χ3v) is 6.66. The standard InChI is InChI=1S/C18H24O2/c1-18-9-8-14-13-5-3-12(19)10-11(13)2-4-15(14)16(18)6-7-17(18)20/h3,5,10,14-17,19-20H,2,4,6-9H2,1H3/t14?,15-,16+,17+,18+/m1/s1. The fraction of sp³-hybridized carbons (Fsp3) is 0.667. The summed E-state index contributed by atoms with van der Waals surface area (Å²) in [7, 11) is 0. The molecule has 2 nitrogen and oxygen atoms in total. The number of hydrogen-bond acceptors (Lipinski definition) is 2. The van der Waals surface area contributed by atoms with Crippen molar-refractivity contribution >= 4 is 0 Å². The fourth-order valence-electron chi connectivity index (χ4n) is 5.54. The molecule has 1 aromatic carbocycles. The molecular weight excluding hydrogens is 248 g/mol. The van der Waals surface area contributed by atoms with Crippen molar-refractivity contribution in [1.82, 2.24) is 0 Å². The Hall–Kier alpha value is -1.02. The van der Waals surface area contributed by atoms with Crippen LogP contribution < -0.4 is 0 Å². The van der Waals surface area contributed by atoms with Crippen molar-refractivity contribution < 1.29 is 10.2 Å². The maximum Gasteiger partial charge on any atom is 0.115 e. The van der Waals surface area contributed by atoms with E-state index in [0.717, 1.165) is 25.2 Å². The van der Waals surface area contributed by atoms with Gasteiger partial charge < -0.3 is 10.2 Å². The van der Waals surface area contributed by atoms with E-state index in [9.17, 15) is 10.2 Å². The van der Waals surface area contributed by atoms with Crippen molar-refractivity contribution in [2.45, 2.75) is 57.5 Å². The molecule has 2 heteroatoms. The predicted octanol–water partition coefficient (Wildman–Crippen LogP) is 3.61. The summed E-state index contributed by atoms with van der Waals surface area (Å²) in [5.74, 6) is 2.49. The van der Waals surface area contributed by atoms with Crippen molar-refractivity contribution in [1.29, 1.82) is 0 Å². The van der Waals surface area contributed by atoms with E-state index in [-0.39, 0.29) is 11.5 Å². The van der Waals surface area contributed by atoms with Crippen LogP contribution in [0.5, 0.6) is 5.75 Å². The van der Waals surface area contributed by atoms with Gasteiger partial charge in [-0.2, -0.15) is 0 Å². The maximum atomic E-state index is 10.4. The Bertz CT molecular complexity index is 538. The van der Waals surface area contributed by atoms with Crippen molar-refractivity contribution in [3.8, 4) is 5.75 Å². The SMILES string of the molecule is C[C@]12CCC3c4ccc(O)cc4CC[C@H]3[C@@H]1CC[C@@H]2O. The molecule has 1 unspecified atom stereocenters. The number of aliphatic hydroxyl groups is 1. The lowest BCUT2D eigenvalue weighted by molar-refractivity contribution is -0.0226. The molecule has 0 saturated heterocycles. The number of fused-ring (bicyclic) bond motifs is 5. The molecule has 0 aromatic heterocycles. The highest BCUT2D eigenvalue weighted by atomic mass is 16.3. The van der Waals surface area contributed by atoms with Gasteiger partial charge in [-0.05, 0) is 85.0 Å². The molecule has 2 N–H and O–H groups in total. The highest BCUT2D eigenvalue weighted by Gasteiger charge is 2.54. The Labute approximate surface area is 120 Å². The van der Waals surface area contributed by atoms with Gasteiger partial charge in [0.05, 0.1) is 6.10 Å². The first kappa shape index (κ1) is 12.7. The molecule has 20 heavy (non-hydrogen) atoms. The van der Waals surface area contributed by atoms with Crippen molar-refractivity contribution in [3.63, 3.8) is 0 Å². The normalized spacial score (nSPS) is 42.7. The molecule has 0 radical (unpaired) electrons. The molecule has 0 aliphatic heterocycles. The summed E-state index contributed by atoms with van der Waals surface area (Å²) in [4.78, 5) is 0. The number of aliphatic hydroxyl groups excluding tert-OH is 1. The Balaban J connectivity index is 1.71. The van der Waals surface area contributed by atoms with Crippen LogP contribution in [-0.4, -0.2) is 16.3 Å². The van der Waals surface area contributed by atoms with Crippen LogP contribution >= 0.6 is 0 Å². The van der Waals surface area contributed by atoms with Gasteiger partial charge in [0.1, 0.15) is 5.75 Å². The number of aryl methyl sites for hydroxylation is 1.